The van der Waals surface area contributed by atoms with Crippen LogP contribution in [0.1, 0.15) is 14.5 Å². The van der Waals surface area contributed by atoms with Gasteiger partial charge in [-0.05, 0) is 41.1 Å². The molecule has 0 unspecified atom stereocenters. The Balaban J connectivity index is 1.48. The highest BCUT2D eigenvalue weighted by Crippen LogP contribution is 2.29. The zero-order chi connectivity index (χ0) is 17.9. The monoisotopic (exact) mass is 386 g/mol. The largest absolute Gasteiger partial charge is 0.378 e. The van der Waals surface area contributed by atoms with Gasteiger partial charge in [0.2, 0.25) is 5.91 Å². The zero-order valence-corrected chi connectivity index (χ0v) is 15.7. The molecule has 7 heteroatoms. The van der Waals surface area contributed by atoms with Crippen molar-refractivity contribution in [1.29, 1.82) is 0 Å². The van der Waals surface area contributed by atoms with Gasteiger partial charge in [0, 0.05) is 28.4 Å². The first kappa shape index (κ1) is 17.2. The third-order valence-electron chi connectivity index (χ3n) is 4.22. The highest BCUT2D eigenvalue weighted by Gasteiger charge is 2.20. The Hall–Kier alpha value is -2.22. The van der Waals surface area contributed by atoms with Crippen LogP contribution in [0.5, 0.6) is 0 Å². The maximum absolute atomic E-state index is 12.6. The SMILES string of the molecule is O=C(Cc1cccs1)Nc1ccc2sc(C(=O)N3CCOCC3)cc2c1. The number of amides is 2. The summed E-state index contributed by atoms with van der Waals surface area (Å²) in [6.07, 6.45) is 0.375. The van der Waals surface area contributed by atoms with Crippen LogP contribution in [0.4, 0.5) is 5.69 Å². The van der Waals surface area contributed by atoms with Crippen LogP contribution in [-0.4, -0.2) is 43.0 Å². The highest BCUT2D eigenvalue weighted by atomic mass is 32.1. The summed E-state index contributed by atoms with van der Waals surface area (Å²) in [7, 11) is 0. The Morgan fingerprint density at radius 3 is 2.77 bits per heavy atom. The first-order chi connectivity index (χ1) is 12.7. The van der Waals surface area contributed by atoms with Crippen LogP contribution in [0.3, 0.4) is 0 Å². The predicted molar refractivity (Wildman–Crippen MR) is 105 cm³/mol. The smallest absolute Gasteiger partial charge is 0.264 e. The first-order valence-electron chi connectivity index (χ1n) is 8.42. The normalized spacial score (nSPS) is 14.5. The molecule has 5 nitrogen and oxygen atoms in total. The number of hydrogen-bond acceptors (Lipinski definition) is 5. The van der Waals surface area contributed by atoms with E-state index in [0.717, 1.165) is 25.5 Å². The third-order valence-corrected chi connectivity index (χ3v) is 6.20. The summed E-state index contributed by atoms with van der Waals surface area (Å²) in [6, 6.07) is 11.6. The van der Waals surface area contributed by atoms with E-state index in [9.17, 15) is 9.59 Å². The van der Waals surface area contributed by atoms with Crippen molar-refractivity contribution in [3.05, 3.63) is 51.5 Å². The number of hydrogen-bond donors (Lipinski definition) is 1. The number of carbonyl (C=O) groups excluding carboxylic acids is 2. The molecule has 1 aromatic carbocycles. The van der Waals surface area contributed by atoms with Crippen LogP contribution in [0.15, 0.2) is 41.8 Å². The van der Waals surface area contributed by atoms with Crippen molar-refractivity contribution in [2.45, 2.75) is 6.42 Å². The van der Waals surface area contributed by atoms with E-state index in [1.54, 1.807) is 11.3 Å². The number of anilines is 1. The Morgan fingerprint density at radius 1 is 1.15 bits per heavy atom. The molecule has 1 saturated heterocycles. The second-order valence-corrected chi connectivity index (χ2v) is 8.19. The van der Waals surface area contributed by atoms with Crippen LogP contribution in [-0.2, 0) is 16.0 Å². The van der Waals surface area contributed by atoms with Crippen LogP contribution >= 0.6 is 22.7 Å². The molecular formula is C19H18N2O3S2. The lowest BCUT2D eigenvalue weighted by Gasteiger charge is -2.26. The van der Waals surface area contributed by atoms with E-state index in [0.29, 0.717) is 32.7 Å². The fourth-order valence-corrected chi connectivity index (χ4v) is 4.64. The first-order valence-corrected chi connectivity index (χ1v) is 10.1. The molecule has 0 aliphatic carbocycles. The summed E-state index contributed by atoms with van der Waals surface area (Å²) in [6.45, 7) is 2.46. The fraction of sp³-hybridized carbons (Fsp3) is 0.263. The van der Waals surface area contributed by atoms with Crippen LogP contribution in [0.25, 0.3) is 10.1 Å². The topological polar surface area (TPSA) is 58.6 Å². The number of fused-ring (bicyclic) bond motifs is 1. The van der Waals surface area contributed by atoms with E-state index >= 15 is 0 Å². The van der Waals surface area contributed by atoms with Crippen LogP contribution in [0.2, 0.25) is 0 Å². The molecule has 0 atom stereocenters. The predicted octanol–water partition coefficient (Wildman–Crippen LogP) is 3.62. The molecule has 2 aromatic heterocycles. The summed E-state index contributed by atoms with van der Waals surface area (Å²) in [4.78, 5) is 28.4. The van der Waals surface area contributed by atoms with Crippen molar-refractivity contribution < 1.29 is 14.3 Å². The Morgan fingerprint density at radius 2 is 2.00 bits per heavy atom. The molecule has 3 heterocycles. The average molecular weight is 386 g/mol. The summed E-state index contributed by atoms with van der Waals surface area (Å²) in [5.41, 5.74) is 0.752. The summed E-state index contributed by atoms with van der Waals surface area (Å²) < 4.78 is 6.34. The van der Waals surface area contributed by atoms with Crippen molar-refractivity contribution in [2.24, 2.45) is 0 Å². The molecule has 134 valence electrons. The molecule has 0 radical (unpaired) electrons. The number of nitrogens with zero attached hydrogens (tertiary/aromatic N) is 1. The van der Waals surface area contributed by atoms with Gasteiger partial charge in [0.15, 0.2) is 0 Å². The van der Waals surface area contributed by atoms with Gasteiger partial charge in [0.25, 0.3) is 5.91 Å². The molecule has 0 bridgehead atoms. The lowest BCUT2D eigenvalue weighted by atomic mass is 10.2. The molecule has 1 aliphatic heterocycles. The molecule has 3 aromatic rings. The number of rotatable bonds is 4. The molecule has 2 amide bonds. The minimum absolute atomic E-state index is 0.0355. The maximum atomic E-state index is 12.6. The van der Waals surface area contributed by atoms with Crippen molar-refractivity contribution in [1.82, 2.24) is 4.90 Å². The number of morpholine rings is 1. The standard InChI is InChI=1S/C19H18N2O3S2/c22-18(12-15-2-1-9-25-15)20-14-3-4-16-13(10-14)11-17(26-16)19(23)21-5-7-24-8-6-21/h1-4,9-11H,5-8,12H2,(H,20,22). The van der Waals surface area contributed by atoms with Crippen molar-refractivity contribution >= 4 is 50.3 Å². The number of thiophene rings is 2. The molecule has 0 saturated carbocycles. The number of carbonyl (C=O) groups is 2. The average Bonchev–Trinajstić information content (AvgIpc) is 3.31. The van der Waals surface area contributed by atoms with Crippen molar-refractivity contribution in [3.63, 3.8) is 0 Å². The molecule has 26 heavy (non-hydrogen) atoms. The van der Waals surface area contributed by atoms with Gasteiger partial charge in [-0.15, -0.1) is 22.7 Å². The van der Waals surface area contributed by atoms with Crippen LogP contribution in [0, 0.1) is 0 Å². The van der Waals surface area contributed by atoms with E-state index in [-0.39, 0.29) is 11.8 Å². The lowest BCUT2D eigenvalue weighted by molar-refractivity contribution is -0.115. The van der Waals surface area contributed by atoms with Crippen molar-refractivity contribution in [3.8, 4) is 0 Å². The van der Waals surface area contributed by atoms with Gasteiger partial charge >= 0.3 is 0 Å². The zero-order valence-electron chi connectivity index (χ0n) is 14.1. The van der Waals surface area contributed by atoms with Gasteiger partial charge in [-0.2, -0.15) is 0 Å². The lowest BCUT2D eigenvalue weighted by Crippen LogP contribution is -2.40. The molecule has 1 aliphatic rings. The minimum Gasteiger partial charge on any atom is -0.378 e. The van der Waals surface area contributed by atoms with Gasteiger partial charge < -0.3 is 15.0 Å². The van der Waals surface area contributed by atoms with Crippen LogP contribution < -0.4 is 5.32 Å². The fourth-order valence-electron chi connectivity index (χ4n) is 2.93. The van der Waals surface area contributed by atoms with E-state index in [4.69, 9.17) is 4.74 Å². The summed E-state index contributed by atoms with van der Waals surface area (Å²) in [5.74, 6) is 0.0180. The van der Waals surface area contributed by atoms with Gasteiger partial charge in [-0.25, -0.2) is 0 Å². The van der Waals surface area contributed by atoms with E-state index in [2.05, 4.69) is 5.32 Å². The maximum Gasteiger partial charge on any atom is 0.264 e. The van der Waals surface area contributed by atoms with E-state index in [1.165, 1.54) is 11.3 Å². The summed E-state index contributed by atoms with van der Waals surface area (Å²) >= 11 is 3.06. The van der Waals surface area contributed by atoms with Crippen molar-refractivity contribution in [2.75, 3.05) is 31.6 Å². The molecule has 0 spiro atoms. The summed E-state index contributed by atoms with van der Waals surface area (Å²) in [5, 5.41) is 5.87. The van der Waals surface area contributed by atoms with E-state index in [1.807, 2.05) is 46.7 Å². The number of nitrogens with one attached hydrogen (secondary N) is 1. The second-order valence-electron chi connectivity index (χ2n) is 6.07. The van der Waals surface area contributed by atoms with E-state index < -0.39 is 0 Å². The van der Waals surface area contributed by atoms with Gasteiger partial charge in [-0.3, -0.25) is 9.59 Å². The molecule has 1 N–H and O–H groups in total. The number of ether oxygens (including phenoxy) is 1. The highest BCUT2D eigenvalue weighted by molar-refractivity contribution is 7.20. The Labute approximate surface area is 159 Å². The quantitative estimate of drug-likeness (QED) is 0.745. The molecular weight excluding hydrogens is 368 g/mol. The third kappa shape index (κ3) is 3.80. The minimum atomic E-state index is -0.0355. The Kier molecular flexibility index (Phi) is 5.01. The van der Waals surface area contributed by atoms with Gasteiger partial charge in [0.05, 0.1) is 24.5 Å². The second kappa shape index (κ2) is 7.57. The van der Waals surface area contributed by atoms with Gasteiger partial charge in [0.1, 0.15) is 0 Å². The molecule has 4 rings (SSSR count). The van der Waals surface area contributed by atoms with Gasteiger partial charge in [-0.1, -0.05) is 6.07 Å². The Bertz CT molecular complexity index is 928. The molecule has 1 fully saturated rings. The number of benzene rings is 1.